The van der Waals surface area contributed by atoms with Crippen molar-refractivity contribution in [1.82, 2.24) is 0 Å². The maximum Gasteiger partial charge on any atom is 0.230 e. The summed E-state index contributed by atoms with van der Waals surface area (Å²) in [5.41, 5.74) is -0.567. The summed E-state index contributed by atoms with van der Waals surface area (Å²) in [6.45, 7) is -1.24. The van der Waals surface area contributed by atoms with Gasteiger partial charge >= 0.3 is 0 Å². The first-order chi connectivity index (χ1) is 24.0. The molecule has 0 spiro atoms. The number of phenols is 1. The molecule has 50 heavy (non-hydrogen) atoms. The number of rotatable bonds is 12. The third-order valence-corrected chi connectivity index (χ3v) is 9.84. The number of ether oxygens (including phenoxy) is 10. The molecule has 2 aromatic rings. The summed E-state index contributed by atoms with van der Waals surface area (Å²) in [5.74, 6) is 0.665. The number of aliphatic hydroxyl groups excluding tert-OH is 5. The predicted octanol–water partition coefficient (Wildman–Crippen LogP) is -0.855. The summed E-state index contributed by atoms with van der Waals surface area (Å²) in [6, 6.07) is 6.82. The molecule has 0 saturated carbocycles. The SMILES string of the molecule is COc1cc([C@@H]2OC[C@H]3[C@H]2CO[C@H]3c2cc(OC)c(O[C@H]3O[C@@H](CO)[C@H](O)[C@@H](O)[C@H]3O[C@H]3OC[C@@](O)(CO)[C@@H]3O)c(OC)c2)cc(OC)c1O. The van der Waals surface area contributed by atoms with Gasteiger partial charge in [0.05, 0.1) is 73.7 Å². The lowest BCUT2D eigenvalue weighted by Gasteiger charge is -2.42. The number of aromatic hydroxyl groups is 1. The molecule has 17 heteroatoms. The molecule has 0 unspecified atom stereocenters. The zero-order chi connectivity index (χ0) is 35.9. The van der Waals surface area contributed by atoms with Crippen molar-refractivity contribution in [3.8, 4) is 34.5 Å². The van der Waals surface area contributed by atoms with Gasteiger partial charge in [0.25, 0.3) is 0 Å². The molecule has 7 N–H and O–H groups in total. The van der Waals surface area contributed by atoms with Gasteiger partial charge in [-0.1, -0.05) is 0 Å². The molecule has 0 amide bonds. The molecule has 0 aromatic heterocycles. The van der Waals surface area contributed by atoms with E-state index in [1.807, 2.05) is 0 Å². The topological polar surface area (TPSA) is 234 Å². The smallest absolute Gasteiger partial charge is 0.230 e. The summed E-state index contributed by atoms with van der Waals surface area (Å²) in [4.78, 5) is 0. The van der Waals surface area contributed by atoms with Crippen molar-refractivity contribution >= 4 is 0 Å². The number of aliphatic hydroxyl groups is 6. The zero-order valence-electron chi connectivity index (χ0n) is 27.9. The summed E-state index contributed by atoms with van der Waals surface area (Å²) >= 11 is 0. The van der Waals surface area contributed by atoms with Crippen LogP contribution in [-0.2, 0) is 23.7 Å². The molecule has 4 aliphatic rings. The fourth-order valence-corrected chi connectivity index (χ4v) is 6.97. The minimum Gasteiger partial charge on any atom is -0.502 e. The number of fused-ring (bicyclic) bond motifs is 1. The Hall–Kier alpha value is -3.20. The van der Waals surface area contributed by atoms with Crippen LogP contribution in [0.2, 0.25) is 0 Å². The van der Waals surface area contributed by atoms with Gasteiger partial charge < -0.3 is 83.1 Å². The normalized spacial score (nSPS) is 36.6. The van der Waals surface area contributed by atoms with E-state index in [0.717, 1.165) is 5.56 Å². The fourth-order valence-electron chi connectivity index (χ4n) is 6.97. The van der Waals surface area contributed by atoms with Crippen LogP contribution in [-0.4, -0.2) is 146 Å². The highest BCUT2D eigenvalue weighted by atomic mass is 16.8. The number of methoxy groups -OCH3 is 4. The van der Waals surface area contributed by atoms with Gasteiger partial charge in [-0.05, 0) is 35.4 Å². The number of benzene rings is 2. The van der Waals surface area contributed by atoms with Gasteiger partial charge in [0.15, 0.2) is 35.4 Å². The Morgan fingerprint density at radius 2 is 1.26 bits per heavy atom. The van der Waals surface area contributed by atoms with Crippen molar-refractivity contribution in [2.45, 2.75) is 60.9 Å². The Kier molecular flexibility index (Phi) is 10.8. The summed E-state index contributed by atoms with van der Waals surface area (Å²) in [7, 11) is 5.73. The molecule has 6 rings (SSSR count). The van der Waals surface area contributed by atoms with E-state index in [9.17, 15) is 35.7 Å². The van der Waals surface area contributed by atoms with Gasteiger partial charge in [-0.25, -0.2) is 0 Å². The average molecular weight is 713 g/mol. The maximum atomic E-state index is 11.0. The van der Waals surface area contributed by atoms with E-state index < -0.39 is 74.6 Å². The molecular weight excluding hydrogens is 668 g/mol. The highest BCUT2D eigenvalue weighted by Gasteiger charge is 2.54. The molecule has 278 valence electrons. The minimum absolute atomic E-state index is 0.0239. The lowest BCUT2D eigenvalue weighted by Crippen LogP contribution is -2.62. The van der Waals surface area contributed by atoms with Crippen molar-refractivity contribution in [1.29, 1.82) is 0 Å². The molecule has 4 aliphatic heterocycles. The maximum absolute atomic E-state index is 11.0. The van der Waals surface area contributed by atoms with Crippen molar-refractivity contribution in [3.05, 3.63) is 35.4 Å². The minimum atomic E-state index is -2.02. The van der Waals surface area contributed by atoms with Gasteiger partial charge in [0, 0.05) is 11.8 Å². The van der Waals surface area contributed by atoms with Crippen LogP contribution in [0.5, 0.6) is 34.5 Å². The quantitative estimate of drug-likeness (QED) is 0.142. The third-order valence-electron chi connectivity index (χ3n) is 9.84. The monoisotopic (exact) mass is 712 g/mol. The van der Waals surface area contributed by atoms with E-state index in [2.05, 4.69) is 0 Å². The Labute approximate surface area is 287 Å². The molecule has 4 fully saturated rings. The van der Waals surface area contributed by atoms with Gasteiger partial charge in [-0.2, -0.15) is 0 Å². The van der Waals surface area contributed by atoms with Gasteiger partial charge in [0.2, 0.25) is 17.8 Å². The van der Waals surface area contributed by atoms with Crippen molar-refractivity contribution < 1.29 is 83.1 Å². The summed E-state index contributed by atoms with van der Waals surface area (Å²) in [6.07, 6.45) is -11.8. The van der Waals surface area contributed by atoms with Gasteiger partial charge in [-0.15, -0.1) is 0 Å². The Morgan fingerprint density at radius 3 is 1.72 bits per heavy atom. The van der Waals surface area contributed by atoms with Crippen LogP contribution >= 0.6 is 0 Å². The van der Waals surface area contributed by atoms with Crippen molar-refractivity contribution in [2.75, 3.05) is 61.5 Å². The number of phenolic OH excluding ortho intramolecular Hbond substituents is 1. The largest absolute Gasteiger partial charge is 0.502 e. The van der Waals surface area contributed by atoms with E-state index in [4.69, 9.17) is 47.4 Å². The predicted molar refractivity (Wildman–Crippen MR) is 166 cm³/mol. The number of hydrogen-bond acceptors (Lipinski definition) is 17. The van der Waals surface area contributed by atoms with E-state index in [1.165, 1.54) is 28.4 Å². The molecule has 17 nitrogen and oxygen atoms in total. The Balaban J connectivity index is 1.26. The molecule has 4 heterocycles. The van der Waals surface area contributed by atoms with Crippen molar-refractivity contribution in [3.63, 3.8) is 0 Å². The average Bonchev–Trinajstić information content (AvgIpc) is 3.82. The molecular formula is C33H44O17. The van der Waals surface area contributed by atoms with E-state index in [1.54, 1.807) is 24.3 Å². The van der Waals surface area contributed by atoms with E-state index >= 15 is 0 Å². The number of hydrogen-bond donors (Lipinski definition) is 7. The van der Waals surface area contributed by atoms with Crippen LogP contribution in [0.1, 0.15) is 23.3 Å². The summed E-state index contributed by atoms with van der Waals surface area (Å²) in [5, 5.41) is 72.4. The van der Waals surface area contributed by atoms with Gasteiger partial charge in [0.1, 0.15) is 30.0 Å². The first-order valence-electron chi connectivity index (χ1n) is 16.0. The highest BCUT2D eigenvalue weighted by Crippen LogP contribution is 2.54. The van der Waals surface area contributed by atoms with Crippen LogP contribution < -0.4 is 23.7 Å². The first kappa shape index (κ1) is 36.6. The standard InChI is InChI=1S/C33H44O17/c1-41-18-5-14(6-19(42-2)23(18)36)26-16-10-46-27(17(16)11-45-26)15-7-20(43-3)28(21(8-15)44-4)49-31-29(25(38)24(37)22(9-34)48-31)50-32-30(39)33(40,12-35)13-47-32/h5-8,16-17,22,24-27,29-32,34-40H,9-13H2,1-4H3/t16-,17+,22+,24+,25-,26+,27+,29-,30-,31-,32-,33+/m1/s1. The second-order valence-electron chi connectivity index (χ2n) is 12.7. The molecule has 0 bridgehead atoms. The molecule has 0 radical (unpaired) electrons. The Morgan fingerprint density at radius 1 is 0.740 bits per heavy atom. The summed E-state index contributed by atoms with van der Waals surface area (Å²) < 4.78 is 57.7. The van der Waals surface area contributed by atoms with E-state index in [0.29, 0.717) is 18.8 Å². The molecule has 4 saturated heterocycles. The highest BCUT2D eigenvalue weighted by molar-refractivity contribution is 5.55. The molecule has 0 aliphatic carbocycles. The Bertz CT molecular complexity index is 1440. The van der Waals surface area contributed by atoms with Crippen molar-refractivity contribution in [2.24, 2.45) is 11.8 Å². The molecule has 12 atom stereocenters. The molecule has 2 aromatic carbocycles. The first-order valence-corrected chi connectivity index (χ1v) is 16.0. The van der Waals surface area contributed by atoms with Crippen LogP contribution in [0.4, 0.5) is 0 Å². The lowest BCUT2D eigenvalue weighted by molar-refractivity contribution is -0.319. The third kappa shape index (κ3) is 6.41. The zero-order valence-corrected chi connectivity index (χ0v) is 27.9. The van der Waals surface area contributed by atoms with Crippen LogP contribution in [0.25, 0.3) is 0 Å². The van der Waals surface area contributed by atoms with Crippen LogP contribution in [0, 0.1) is 11.8 Å². The van der Waals surface area contributed by atoms with Gasteiger partial charge in [-0.3, -0.25) is 0 Å². The van der Waals surface area contributed by atoms with E-state index in [-0.39, 0.29) is 52.4 Å². The lowest BCUT2D eigenvalue weighted by atomic mass is 9.84. The van der Waals surface area contributed by atoms with Crippen LogP contribution in [0.15, 0.2) is 24.3 Å². The fraction of sp³-hybridized carbons (Fsp3) is 0.636. The second-order valence-corrected chi connectivity index (χ2v) is 12.7. The van der Waals surface area contributed by atoms with Crippen LogP contribution in [0.3, 0.4) is 0 Å². The second kappa shape index (κ2) is 14.8.